The van der Waals surface area contributed by atoms with Gasteiger partial charge in [-0.05, 0) is 32.4 Å². The van der Waals surface area contributed by atoms with Crippen molar-refractivity contribution in [3.8, 4) is 0 Å². The van der Waals surface area contributed by atoms with Crippen LogP contribution in [0.4, 0.5) is 0 Å². The topological polar surface area (TPSA) is 34.4 Å². The van der Waals surface area contributed by atoms with Crippen LogP contribution in [0.5, 0.6) is 0 Å². The summed E-state index contributed by atoms with van der Waals surface area (Å²) in [6, 6.07) is 2.31. The van der Waals surface area contributed by atoms with Gasteiger partial charge in [0.15, 0.2) is 0 Å². The maximum Gasteiger partial charge on any atom is 0.0951 e. The Morgan fingerprint density at radius 3 is 2.71 bits per heavy atom. The zero-order valence-corrected chi connectivity index (χ0v) is 10.9. The molecule has 96 valence electrons. The Kier molecular flexibility index (Phi) is 4.24. The van der Waals surface area contributed by atoms with Crippen LogP contribution in [-0.4, -0.2) is 18.8 Å². The lowest BCUT2D eigenvalue weighted by Crippen LogP contribution is -2.44. The first kappa shape index (κ1) is 12.7. The molecule has 0 saturated heterocycles. The Balaban J connectivity index is 2.23. The molecule has 1 aromatic rings. The summed E-state index contributed by atoms with van der Waals surface area (Å²) in [5.74, 6) is 0. The highest BCUT2D eigenvalue weighted by atomic mass is 16.5. The molecule has 0 amide bonds. The number of ether oxygens (including phenoxy) is 1. The van der Waals surface area contributed by atoms with Crippen LogP contribution < -0.4 is 5.32 Å². The van der Waals surface area contributed by atoms with Crippen molar-refractivity contribution in [1.29, 1.82) is 0 Å². The lowest BCUT2D eigenvalue weighted by molar-refractivity contribution is -0.0624. The third-order valence-corrected chi connectivity index (χ3v) is 3.69. The lowest BCUT2D eigenvalue weighted by atomic mass is 9.87. The third-order valence-electron chi connectivity index (χ3n) is 3.69. The van der Waals surface area contributed by atoms with E-state index in [4.69, 9.17) is 9.15 Å². The van der Waals surface area contributed by atoms with Gasteiger partial charge >= 0.3 is 0 Å². The number of rotatable bonds is 6. The van der Waals surface area contributed by atoms with Gasteiger partial charge in [-0.1, -0.05) is 19.8 Å². The van der Waals surface area contributed by atoms with E-state index in [2.05, 4.69) is 19.2 Å². The fourth-order valence-corrected chi connectivity index (χ4v) is 3.03. The monoisotopic (exact) mass is 237 g/mol. The molecule has 1 saturated carbocycles. The molecule has 1 heterocycles. The predicted octanol–water partition coefficient (Wildman–Crippen LogP) is 3.28. The standard InChI is InChI=1S/C14H23NO2/c1-3-15-13(12-7-10-16-11-12)14(17-4-2)8-5-6-9-14/h7,10-11,13,15H,3-6,8-9H2,1-2H3. The lowest BCUT2D eigenvalue weighted by Gasteiger charge is -2.37. The Morgan fingerprint density at radius 1 is 1.41 bits per heavy atom. The largest absolute Gasteiger partial charge is 0.472 e. The van der Waals surface area contributed by atoms with Crippen LogP contribution in [0, 0.1) is 0 Å². The summed E-state index contributed by atoms with van der Waals surface area (Å²) in [6.45, 7) is 5.95. The van der Waals surface area contributed by atoms with Crippen molar-refractivity contribution < 1.29 is 9.15 Å². The van der Waals surface area contributed by atoms with Crippen molar-refractivity contribution in [3.05, 3.63) is 24.2 Å². The molecule has 1 unspecified atom stereocenters. The maximum absolute atomic E-state index is 6.12. The van der Waals surface area contributed by atoms with Crippen LogP contribution >= 0.6 is 0 Å². The summed E-state index contributed by atoms with van der Waals surface area (Å²) in [6.07, 6.45) is 8.40. The van der Waals surface area contributed by atoms with E-state index in [9.17, 15) is 0 Å². The second kappa shape index (κ2) is 5.69. The minimum atomic E-state index is -0.0331. The summed E-state index contributed by atoms with van der Waals surface area (Å²) in [4.78, 5) is 0. The molecule has 0 aromatic carbocycles. The van der Waals surface area contributed by atoms with E-state index in [1.54, 1.807) is 6.26 Å². The molecule has 2 rings (SSSR count). The Bertz CT molecular complexity index is 315. The highest BCUT2D eigenvalue weighted by molar-refractivity contribution is 5.18. The number of hydrogen-bond acceptors (Lipinski definition) is 3. The van der Waals surface area contributed by atoms with Crippen LogP contribution in [0.15, 0.2) is 23.0 Å². The van der Waals surface area contributed by atoms with Gasteiger partial charge in [-0.25, -0.2) is 0 Å². The Labute approximate surface area is 104 Å². The smallest absolute Gasteiger partial charge is 0.0951 e. The van der Waals surface area contributed by atoms with Gasteiger partial charge in [-0.2, -0.15) is 0 Å². The van der Waals surface area contributed by atoms with Crippen molar-refractivity contribution >= 4 is 0 Å². The summed E-state index contributed by atoms with van der Waals surface area (Å²) in [7, 11) is 0. The second-order valence-corrected chi connectivity index (χ2v) is 4.75. The Morgan fingerprint density at radius 2 is 2.18 bits per heavy atom. The molecule has 0 aliphatic heterocycles. The van der Waals surface area contributed by atoms with Gasteiger partial charge in [0, 0.05) is 12.2 Å². The van der Waals surface area contributed by atoms with Gasteiger partial charge in [0.1, 0.15) is 0 Å². The van der Waals surface area contributed by atoms with Gasteiger partial charge in [0.05, 0.1) is 24.2 Å². The SMILES string of the molecule is CCNC(c1ccoc1)C1(OCC)CCCC1. The van der Waals surface area contributed by atoms with Crippen molar-refractivity contribution in [2.24, 2.45) is 0 Å². The van der Waals surface area contributed by atoms with E-state index < -0.39 is 0 Å². The average molecular weight is 237 g/mol. The number of furan rings is 1. The van der Waals surface area contributed by atoms with Crippen LogP contribution in [0.3, 0.4) is 0 Å². The Hall–Kier alpha value is -0.800. The molecule has 1 fully saturated rings. The summed E-state index contributed by atoms with van der Waals surface area (Å²) >= 11 is 0. The quantitative estimate of drug-likeness (QED) is 0.824. The zero-order valence-electron chi connectivity index (χ0n) is 10.9. The molecule has 1 atom stereocenters. The first-order chi connectivity index (χ1) is 8.32. The number of nitrogens with one attached hydrogen (secondary N) is 1. The molecule has 1 aliphatic carbocycles. The molecule has 1 N–H and O–H groups in total. The molecule has 0 radical (unpaired) electrons. The molecule has 17 heavy (non-hydrogen) atoms. The van der Waals surface area contributed by atoms with Crippen LogP contribution in [0.1, 0.15) is 51.1 Å². The normalized spacial score (nSPS) is 20.6. The van der Waals surface area contributed by atoms with E-state index in [0.717, 1.165) is 26.0 Å². The van der Waals surface area contributed by atoms with E-state index in [-0.39, 0.29) is 11.6 Å². The van der Waals surface area contributed by atoms with E-state index in [1.165, 1.54) is 18.4 Å². The van der Waals surface area contributed by atoms with Crippen LogP contribution in [-0.2, 0) is 4.74 Å². The van der Waals surface area contributed by atoms with Gasteiger partial charge in [-0.3, -0.25) is 0 Å². The minimum Gasteiger partial charge on any atom is -0.472 e. The molecule has 3 nitrogen and oxygen atoms in total. The molecule has 3 heteroatoms. The van der Waals surface area contributed by atoms with Gasteiger partial charge in [0.25, 0.3) is 0 Å². The fourth-order valence-electron chi connectivity index (χ4n) is 3.03. The van der Waals surface area contributed by atoms with Crippen LogP contribution in [0.25, 0.3) is 0 Å². The number of likely N-dealkylation sites (N-methyl/N-ethyl adjacent to an activating group) is 1. The van der Waals surface area contributed by atoms with Crippen molar-refractivity contribution in [3.63, 3.8) is 0 Å². The predicted molar refractivity (Wildman–Crippen MR) is 68.0 cm³/mol. The molecule has 0 spiro atoms. The maximum atomic E-state index is 6.12. The van der Waals surface area contributed by atoms with Crippen molar-refractivity contribution in [2.75, 3.05) is 13.2 Å². The van der Waals surface area contributed by atoms with Crippen molar-refractivity contribution in [1.82, 2.24) is 5.32 Å². The van der Waals surface area contributed by atoms with Gasteiger partial charge in [-0.15, -0.1) is 0 Å². The zero-order chi connectivity index (χ0) is 12.1. The molecular weight excluding hydrogens is 214 g/mol. The van der Waals surface area contributed by atoms with Gasteiger partial charge < -0.3 is 14.5 Å². The first-order valence-corrected chi connectivity index (χ1v) is 6.72. The first-order valence-electron chi connectivity index (χ1n) is 6.72. The fraction of sp³-hybridized carbons (Fsp3) is 0.714. The molecule has 0 bridgehead atoms. The van der Waals surface area contributed by atoms with E-state index in [0.29, 0.717) is 0 Å². The second-order valence-electron chi connectivity index (χ2n) is 4.75. The highest BCUT2D eigenvalue weighted by Crippen LogP contribution is 2.43. The number of hydrogen-bond donors (Lipinski definition) is 1. The van der Waals surface area contributed by atoms with E-state index >= 15 is 0 Å². The van der Waals surface area contributed by atoms with Gasteiger partial charge in [0.2, 0.25) is 0 Å². The molecule has 1 aliphatic rings. The van der Waals surface area contributed by atoms with Crippen LogP contribution in [0.2, 0.25) is 0 Å². The molecule has 1 aromatic heterocycles. The molecular formula is C14H23NO2. The average Bonchev–Trinajstić information content (AvgIpc) is 2.98. The highest BCUT2D eigenvalue weighted by Gasteiger charge is 2.42. The minimum absolute atomic E-state index is 0.0331. The van der Waals surface area contributed by atoms with Crippen molar-refractivity contribution in [2.45, 2.75) is 51.2 Å². The van der Waals surface area contributed by atoms with E-state index in [1.807, 2.05) is 12.3 Å². The summed E-state index contributed by atoms with van der Waals surface area (Å²) in [5.41, 5.74) is 1.18. The third kappa shape index (κ3) is 2.55. The summed E-state index contributed by atoms with van der Waals surface area (Å²) < 4.78 is 11.4. The summed E-state index contributed by atoms with van der Waals surface area (Å²) in [5, 5.41) is 3.57.